The van der Waals surface area contributed by atoms with Gasteiger partial charge in [0.2, 0.25) is 0 Å². The molecule has 0 aromatic carbocycles. The molecule has 612 valence electrons. The number of hydrazine groups is 3. The quantitative estimate of drug-likeness (QED) is 0.0118. The van der Waals surface area contributed by atoms with Gasteiger partial charge in [-0.15, -0.1) is 15.0 Å². The number of nitrogens with one attached hydrogen (secondary N) is 3. The molecule has 6 aliphatic rings. The predicted molar refractivity (Wildman–Crippen MR) is 350 cm³/mol. The van der Waals surface area contributed by atoms with Crippen LogP contribution in [0.25, 0.3) is 0 Å². The second kappa shape index (κ2) is 47.0. The van der Waals surface area contributed by atoms with Crippen molar-refractivity contribution in [2.75, 3.05) is 126 Å². The second-order valence-electron chi connectivity index (χ2n) is 25.6. The van der Waals surface area contributed by atoms with E-state index in [9.17, 15) is 108 Å². The molecular weight excluding hydrogens is 1410 g/mol. The Labute approximate surface area is 600 Å². The van der Waals surface area contributed by atoms with E-state index in [2.05, 4.69) is 31.8 Å². The third-order valence-electron chi connectivity index (χ3n) is 18.3. The van der Waals surface area contributed by atoms with E-state index in [4.69, 9.17) is 62.6 Å². The Morgan fingerprint density at radius 3 is 1.06 bits per heavy atom. The summed E-state index contributed by atoms with van der Waals surface area (Å²) in [6.45, 7) is 10.1. The van der Waals surface area contributed by atoms with Crippen LogP contribution in [0.4, 0.5) is 0 Å². The van der Waals surface area contributed by atoms with Gasteiger partial charge in [-0.1, -0.05) is 13.8 Å². The Balaban J connectivity index is 0.000000330. The number of aliphatic hydroxyl groups is 15. The summed E-state index contributed by atoms with van der Waals surface area (Å²) >= 11 is 0. The highest BCUT2D eigenvalue weighted by Crippen LogP contribution is 2.34. The average Bonchev–Trinajstić information content (AvgIpc) is 0.797. The zero-order valence-electron chi connectivity index (χ0n) is 59.6. The number of nitrogens with zero attached hydrogens (tertiary/aromatic N) is 9. The van der Waals surface area contributed by atoms with Gasteiger partial charge in [-0.2, -0.15) is 0 Å². The molecule has 0 aromatic heterocycles. The maximum Gasteiger partial charge on any atom is 0.187 e. The molecule has 0 radical (unpaired) electrons. The number of hydrogen-bond acceptors (Lipinski definition) is 40. The van der Waals surface area contributed by atoms with Crippen molar-refractivity contribution < 1.29 is 148 Å². The first-order valence-electron chi connectivity index (χ1n) is 34.5. The highest BCUT2D eigenvalue weighted by atomic mass is 16.7. The molecular formula is C58H114N13O33-3. The number of hydrogen-bond donors (Lipinski definition) is 19. The molecule has 0 amide bonds. The van der Waals surface area contributed by atoms with E-state index in [1.54, 1.807) is 6.92 Å². The van der Waals surface area contributed by atoms with Crippen molar-refractivity contribution in [1.29, 1.82) is 0 Å². The summed E-state index contributed by atoms with van der Waals surface area (Å²) in [5.41, 5.74) is 5.41. The van der Waals surface area contributed by atoms with Crippen LogP contribution in [0.2, 0.25) is 0 Å². The van der Waals surface area contributed by atoms with Crippen LogP contribution in [0, 0.1) is 31.2 Å². The molecule has 6 fully saturated rings. The lowest BCUT2D eigenvalue weighted by molar-refractivity contribution is -0.692. The van der Waals surface area contributed by atoms with E-state index in [0.717, 1.165) is 23.0 Å². The fourth-order valence-corrected chi connectivity index (χ4v) is 12.5. The minimum atomic E-state index is -1.64. The Kier molecular flexibility index (Phi) is 41.6. The number of rotatable bonds is 38. The Bertz CT molecular complexity index is 2430. The lowest BCUT2D eigenvalue weighted by atomic mass is 9.94. The zero-order valence-corrected chi connectivity index (χ0v) is 59.6. The van der Waals surface area contributed by atoms with Crippen LogP contribution < -0.4 is 21.7 Å². The minimum absolute atomic E-state index is 0.0229. The largest absolute Gasteiger partial charge is 0.737 e. The highest BCUT2D eigenvalue weighted by molar-refractivity contribution is 4.99. The number of aliphatic hydroxyl groups excluding tert-OH is 15. The van der Waals surface area contributed by atoms with Crippen molar-refractivity contribution in [3.63, 3.8) is 0 Å². The van der Waals surface area contributed by atoms with Crippen LogP contribution in [-0.2, 0) is 56.8 Å². The maximum atomic E-state index is 12.0. The molecule has 6 saturated heterocycles. The Morgan fingerprint density at radius 2 is 0.712 bits per heavy atom. The molecule has 0 saturated carbocycles. The highest BCUT2D eigenvalue weighted by Gasteiger charge is 2.54. The smallest absolute Gasteiger partial charge is 0.187 e. The number of ether oxygens (including phenoxy) is 12. The van der Waals surface area contributed by atoms with Gasteiger partial charge >= 0.3 is 0 Å². The van der Waals surface area contributed by atoms with Crippen molar-refractivity contribution in [1.82, 2.24) is 31.0 Å². The molecule has 6 unspecified atom stereocenters. The van der Waals surface area contributed by atoms with Gasteiger partial charge in [-0.3, -0.25) is 0 Å². The molecule has 46 nitrogen and oxygen atoms in total. The third-order valence-corrected chi connectivity index (χ3v) is 18.3. The molecule has 0 aromatic rings. The van der Waals surface area contributed by atoms with Gasteiger partial charge in [0, 0.05) is 62.4 Å². The van der Waals surface area contributed by atoms with Crippen LogP contribution in [-0.4, -0.2) is 416 Å². The second-order valence-corrected chi connectivity index (χ2v) is 25.6. The van der Waals surface area contributed by atoms with E-state index >= 15 is 0 Å². The summed E-state index contributed by atoms with van der Waals surface area (Å²) in [6, 6.07) is 0. The van der Waals surface area contributed by atoms with E-state index in [1.807, 2.05) is 13.8 Å². The van der Waals surface area contributed by atoms with Crippen molar-refractivity contribution in [3.05, 3.63) is 31.2 Å². The maximum absolute atomic E-state index is 12.0. The van der Waals surface area contributed by atoms with Crippen LogP contribution >= 0.6 is 0 Å². The molecule has 0 bridgehead atoms. The molecule has 6 heterocycles. The number of nitrogens with two attached hydrogens (primary N) is 1. The van der Waals surface area contributed by atoms with Crippen LogP contribution in [0.3, 0.4) is 0 Å². The first kappa shape index (κ1) is 92.1. The number of methoxy groups -OCH3 is 3. The van der Waals surface area contributed by atoms with Crippen molar-refractivity contribution in [3.8, 4) is 0 Å². The van der Waals surface area contributed by atoms with Crippen molar-refractivity contribution in [2.24, 2.45) is 21.6 Å². The lowest BCUT2D eigenvalue weighted by Crippen LogP contribution is -2.65. The zero-order chi connectivity index (χ0) is 77.7. The fourth-order valence-electron chi connectivity index (χ4n) is 12.5. The van der Waals surface area contributed by atoms with E-state index in [1.165, 1.54) is 40.2 Å². The molecule has 6 aliphatic heterocycles. The molecule has 0 aliphatic carbocycles. The standard InChI is InChI=1S/2C20H40N4O11.C18H37N5O11/c1-4-7-23(24(31)22-30)8-5-6-21-9-12-18(32-3)16(28)17(29)20(34-12)35-19-13(10-25)33-11(2)14(26)15(19)27;1-4-6-21-7-5-8-23(24(31)22-30)9-12-18(32-3)16(28)17(29)20(34-12)35-19-13(10-25)33-11(2)14(26)15(19)27;1-9-12(25)13(26)17(11(8-24)32-9)34-18-15(28)14(27)16(31-2)10(33-18)7-20-4-6-22(5-3-19)23(30)21-29/h2*11-21,25-30H,4-10H2,1-3H3;9-18,20,24-29H,3-8,19H2,1-2H3/p-3/b2*24-22-;23-21-/t2*11-,12-,13-,14+,15-,16-,17-,18?,19?,20-;9-,10-,11-,12+,13-,14-,15-,16?,17?,18-/m111/s1. The molecule has 30 atom stereocenters. The summed E-state index contributed by atoms with van der Waals surface area (Å²) in [6.07, 6.45) is -33.9. The molecule has 20 N–H and O–H groups in total. The van der Waals surface area contributed by atoms with Crippen molar-refractivity contribution in [2.45, 2.75) is 244 Å². The van der Waals surface area contributed by atoms with Crippen LogP contribution in [0.1, 0.15) is 60.3 Å². The van der Waals surface area contributed by atoms with Gasteiger partial charge in [0.1, 0.15) is 153 Å². The van der Waals surface area contributed by atoms with Gasteiger partial charge in [-0.25, -0.2) is 0 Å². The first-order chi connectivity index (χ1) is 49.6. The van der Waals surface area contributed by atoms with Crippen molar-refractivity contribution >= 4 is 0 Å². The summed E-state index contributed by atoms with van der Waals surface area (Å²) < 4.78 is 66.7. The Morgan fingerprint density at radius 1 is 0.385 bits per heavy atom. The van der Waals surface area contributed by atoms with Gasteiger partial charge < -0.3 is 186 Å². The SMILES string of the molecule is CCCN(CCCNC[C@H]1O[C@H](OC2[C@@H](CO)O[C@H](C)[C@H](O)[C@H]2O)[C@H](O)[C@@H](O)C1OC)/[N+]([O-])=N/[O-].CCCNCCCN(C[C@H]1O[C@H](OC2[C@@H](CO)O[C@H](C)[C@H](O)[C@H]2O)[C@H](O)[C@@H](O)C1OC)/[N+]([O-])=N/[O-].COC1[C@@H](CNCCN(CCN)/[N+]([O-])=N/[O-])O[C@H](OC2[C@@H](CO)O[C@H](C)[C@H](O)[C@H]2O)[C@H](O)[C@H]1O. The molecule has 6 rings (SSSR count). The van der Waals surface area contributed by atoms with E-state index < -0.39 is 203 Å². The van der Waals surface area contributed by atoms with Gasteiger partial charge in [0.05, 0.1) is 70.9 Å². The third kappa shape index (κ3) is 25.4. The van der Waals surface area contributed by atoms with Crippen LogP contribution in [0.15, 0.2) is 15.8 Å². The molecule has 104 heavy (non-hydrogen) atoms. The van der Waals surface area contributed by atoms with Gasteiger partial charge in [0.25, 0.3) is 0 Å². The van der Waals surface area contributed by atoms with Gasteiger partial charge in [-0.05, 0) is 81.9 Å². The topological polar surface area (TPSA) is 671 Å². The fraction of sp³-hybridized carbons (Fsp3) is 1.00. The molecule has 0 spiro atoms. The summed E-state index contributed by atoms with van der Waals surface area (Å²) in [7, 11) is 3.96. The van der Waals surface area contributed by atoms with E-state index in [-0.39, 0.29) is 67.3 Å². The average molecular weight is 1520 g/mol. The predicted octanol–water partition coefficient (Wildman–Crippen LogP) is -9.64. The van der Waals surface area contributed by atoms with Crippen LogP contribution in [0.5, 0.6) is 0 Å². The van der Waals surface area contributed by atoms with E-state index in [0.29, 0.717) is 45.4 Å². The summed E-state index contributed by atoms with van der Waals surface area (Å²) in [5.74, 6) is 0. The summed E-state index contributed by atoms with van der Waals surface area (Å²) in [4.78, 5) is -0.200. The van der Waals surface area contributed by atoms with Gasteiger partial charge in [0.15, 0.2) is 18.9 Å². The normalized spacial score (nSPS) is 38.7. The lowest BCUT2D eigenvalue weighted by Gasteiger charge is -2.46. The summed E-state index contributed by atoms with van der Waals surface area (Å²) in [5, 5.41) is 240. The molecule has 46 heteroatoms. The first-order valence-corrected chi connectivity index (χ1v) is 34.5. The Hall–Kier alpha value is -4.24. The monoisotopic (exact) mass is 1520 g/mol. The minimum Gasteiger partial charge on any atom is -0.737 e.